The molecule has 3 aromatic heterocycles. The lowest BCUT2D eigenvalue weighted by Gasteiger charge is -2.17. The van der Waals surface area contributed by atoms with Crippen molar-refractivity contribution in [3.63, 3.8) is 0 Å². The lowest BCUT2D eigenvalue weighted by Crippen LogP contribution is -2.37. The van der Waals surface area contributed by atoms with Crippen LogP contribution in [-0.4, -0.2) is 32.5 Å². The zero-order chi connectivity index (χ0) is 20.1. The largest absolute Gasteiger partial charge is 0.309 e. The predicted octanol–water partition coefficient (Wildman–Crippen LogP) is 3.55. The van der Waals surface area contributed by atoms with Gasteiger partial charge in [0.15, 0.2) is 0 Å². The average molecular weight is 420 g/mol. The third kappa shape index (κ3) is 4.94. The molecule has 3 heterocycles. The highest BCUT2D eigenvalue weighted by molar-refractivity contribution is 7.15. The first-order chi connectivity index (χ1) is 13.4. The number of rotatable bonds is 7. The molecule has 2 N–H and O–H groups in total. The maximum Gasteiger partial charge on any atom is 0.233 e. The van der Waals surface area contributed by atoms with Crippen LogP contribution in [0, 0.1) is 12.7 Å². The Morgan fingerprint density at radius 3 is 2.82 bits per heavy atom. The van der Waals surface area contributed by atoms with Gasteiger partial charge >= 0.3 is 0 Å². The second-order valence-corrected chi connectivity index (χ2v) is 8.55. The number of aromatic nitrogens is 4. The van der Waals surface area contributed by atoms with Gasteiger partial charge in [0.1, 0.15) is 21.7 Å². The molecule has 10 heteroatoms. The number of aryl methyl sites for hydroxylation is 1. The minimum atomic E-state index is -0.309. The highest BCUT2D eigenvalue weighted by Crippen LogP contribution is 2.36. The monoisotopic (exact) mass is 419 g/mol. The van der Waals surface area contributed by atoms with E-state index in [-0.39, 0.29) is 11.2 Å². The van der Waals surface area contributed by atoms with E-state index in [2.05, 4.69) is 49.9 Å². The van der Waals surface area contributed by atoms with E-state index in [4.69, 9.17) is 0 Å². The minimum absolute atomic E-state index is 0.297. The van der Waals surface area contributed by atoms with Gasteiger partial charge in [-0.25, -0.2) is 19.8 Å². The fourth-order valence-electron chi connectivity index (χ4n) is 2.39. The van der Waals surface area contributed by atoms with Crippen molar-refractivity contribution in [2.75, 3.05) is 6.54 Å². The van der Waals surface area contributed by atoms with Crippen LogP contribution in [0.4, 0.5) is 9.52 Å². The van der Waals surface area contributed by atoms with Gasteiger partial charge in [-0.2, -0.15) is 0 Å². The Balaban J connectivity index is 1.56. The first-order valence-electron chi connectivity index (χ1n) is 8.76. The Bertz CT molecular complexity index is 964. The number of pyridine rings is 1. The summed E-state index contributed by atoms with van der Waals surface area (Å²) in [6.07, 6.45) is 2.05. The molecular formula is C18H22FN7S2. The molecule has 0 saturated heterocycles. The molecule has 0 unspecified atom stereocenters. The van der Waals surface area contributed by atoms with E-state index in [1.807, 2.05) is 19.2 Å². The molecule has 0 saturated carbocycles. The van der Waals surface area contributed by atoms with Crippen LogP contribution >= 0.6 is 22.7 Å². The molecule has 0 amide bonds. The summed E-state index contributed by atoms with van der Waals surface area (Å²) >= 11 is 3.06. The van der Waals surface area contributed by atoms with Gasteiger partial charge in [0.2, 0.25) is 5.13 Å². The van der Waals surface area contributed by atoms with E-state index >= 15 is 0 Å². The van der Waals surface area contributed by atoms with Crippen LogP contribution in [0.15, 0.2) is 28.7 Å². The molecule has 0 bridgehead atoms. The minimum Gasteiger partial charge on any atom is -0.309 e. The van der Waals surface area contributed by atoms with Gasteiger partial charge in [0.05, 0.1) is 11.1 Å². The molecule has 0 radical (unpaired) electrons. The smallest absolute Gasteiger partial charge is 0.233 e. The normalized spacial score (nSPS) is 12.4. The topological polar surface area (TPSA) is 88.0 Å². The maximum atomic E-state index is 13.5. The van der Waals surface area contributed by atoms with Crippen molar-refractivity contribution in [3.05, 3.63) is 50.9 Å². The second-order valence-electron chi connectivity index (χ2n) is 6.74. The number of hydrogen-bond acceptors (Lipinski definition) is 8. The lowest BCUT2D eigenvalue weighted by atomic mass is 9.96. The van der Waals surface area contributed by atoms with Gasteiger partial charge in [-0.05, 0) is 39.8 Å². The molecule has 0 aromatic carbocycles. The molecule has 0 aliphatic rings. The summed E-state index contributed by atoms with van der Waals surface area (Å²) in [5.41, 5.74) is 7.12. The zero-order valence-corrected chi connectivity index (χ0v) is 17.8. The van der Waals surface area contributed by atoms with E-state index in [0.29, 0.717) is 29.6 Å². The number of nitrogens with zero attached hydrogens (tertiary/aromatic N) is 5. The van der Waals surface area contributed by atoms with Crippen LogP contribution in [-0.2, 0) is 11.8 Å². The van der Waals surface area contributed by atoms with Gasteiger partial charge in [0, 0.05) is 30.2 Å². The lowest BCUT2D eigenvalue weighted by molar-refractivity contribution is 0.579. The first-order valence-corrected chi connectivity index (χ1v) is 10.5. The molecule has 0 aliphatic heterocycles. The number of thiazole rings is 1. The molecular weight excluding hydrogens is 397 g/mol. The summed E-state index contributed by atoms with van der Waals surface area (Å²) in [5.74, 6) is 0.348. The molecule has 7 nitrogen and oxygen atoms in total. The van der Waals surface area contributed by atoms with Crippen molar-refractivity contribution in [3.8, 4) is 0 Å². The van der Waals surface area contributed by atoms with Crippen molar-refractivity contribution in [1.82, 2.24) is 31.0 Å². The Labute approximate surface area is 171 Å². The molecule has 0 aliphatic carbocycles. The SMILES string of the molecule is CC(=Nc1nnc(C(C)(C)c2nc(C)cs2)s1)NNCCc1ncccc1F. The summed E-state index contributed by atoms with van der Waals surface area (Å²) in [4.78, 5) is 13.0. The molecule has 0 spiro atoms. The summed E-state index contributed by atoms with van der Waals surface area (Å²) in [5, 5.41) is 13.0. The Morgan fingerprint density at radius 1 is 1.29 bits per heavy atom. The standard InChI is InChI=1S/C18H22FN7S2/c1-11-10-27-15(22-11)18(3,4)16-25-26-17(28-16)23-12(2)24-21-9-7-14-13(19)6-5-8-20-14/h5-6,8,10,21H,7,9H2,1-4H3,(H,23,24,26). The van der Waals surface area contributed by atoms with E-state index in [1.54, 1.807) is 23.6 Å². The maximum absolute atomic E-state index is 13.5. The Hall–Kier alpha value is -2.30. The average Bonchev–Trinajstić information content (AvgIpc) is 3.30. The number of nitrogens with one attached hydrogen (secondary N) is 2. The fraction of sp³-hybridized carbons (Fsp3) is 0.389. The third-order valence-electron chi connectivity index (χ3n) is 3.96. The highest BCUT2D eigenvalue weighted by atomic mass is 32.1. The van der Waals surface area contributed by atoms with Gasteiger partial charge in [-0.3, -0.25) is 4.98 Å². The Morgan fingerprint density at radius 2 is 2.11 bits per heavy atom. The van der Waals surface area contributed by atoms with Crippen LogP contribution in [0.5, 0.6) is 0 Å². The van der Waals surface area contributed by atoms with E-state index in [0.717, 1.165) is 15.7 Å². The third-order valence-corrected chi connectivity index (χ3v) is 6.38. The molecule has 0 fully saturated rings. The zero-order valence-electron chi connectivity index (χ0n) is 16.2. The molecule has 3 rings (SSSR count). The molecule has 3 aromatic rings. The number of amidine groups is 1. The summed E-state index contributed by atoms with van der Waals surface area (Å²) in [6.45, 7) is 8.49. The summed E-state index contributed by atoms with van der Waals surface area (Å²) in [6, 6.07) is 2.98. The van der Waals surface area contributed by atoms with Crippen LogP contribution in [0.3, 0.4) is 0 Å². The van der Waals surface area contributed by atoms with Gasteiger partial charge in [-0.1, -0.05) is 11.3 Å². The quantitative estimate of drug-likeness (QED) is 0.264. The van der Waals surface area contributed by atoms with Crippen molar-refractivity contribution < 1.29 is 4.39 Å². The number of halogens is 1. The molecule has 148 valence electrons. The van der Waals surface area contributed by atoms with Crippen molar-refractivity contribution in [2.24, 2.45) is 4.99 Å². The number of hydrazine groups is 1. The second kappa shape index (κ2) is 8.80. The van der Waals surface area contributed by atoms with Crippen LogP contribution in [0.25, 0.3) is 0 Å². The van der Waals surface area contributed by atoms with Crippen molar-refractivity contribution >= 4 is 33.6 Å². The van der Waals surface area contributed by atoms with E-state index < -0.39 is 0 Å². The number of aliphatic imine (C=N–C) groups is 1. The Kier molecular flexibility index (Phi) is 6.42. The predicted molar refractivity (Wildman–Crippen MR) is 111 cm³/mol. The van der Waals surface area contributed by atoms with E-state index in [9.17, 15) is 4.39 Å². The first kappa shape index (κ1) is 20.4. The van der Waals surface area contributed by atoms with Gasteiger partial charge < -0.3 is 5.43 Å². The molecule has 28 heavy (non-hydrogen) atoms. The van der Waals surface area contributed by atoms with E-state index in [1.165, 1.54) is 17.4 Å². The van der Waals surface area contributed by atoms with Crippen LogP contribution in [0.1, 0.15) is 42.2 Å². The van der Waals surface area contributed by atoms with Gasteiger partial charge in [0.25, 0.3) is 0 Å². The van der Waals surface area contributed by atoms with Crippen LogP contribution in [0.2, 0.25) is 0 Å². The summed E-state index contributed by atoms with van der Waals surface area (Å²) in [7, 11) is 0. The fourth-order valence-corrected chi connectivity index (χ4v) is 4.25. The van der Waals surface area contributed by atoms with Gasteiger partial charge in [-0.15, -0.1) is 21.5 Å². The highest BCUT2D eigenvalue weighted by Gasteiger charge is 2.30. The van der Waals surface area contributed by atoms with Crippen molar-refractivity contribution in [2.45, 2.75) is 39.5 Å². The molecule has 0 atom stereocenters. The summed E-state index contributed by atoms with van der Waals surface area (Å²) < 4.78 is 13.5. The van der Waals surface area contributed by atoms with Crippen LogP contribution < -0.4 is 10.9 Å². The van der Waals surface area contributed by atoms with Crippen molar-refractivity contribution in [1.29, 1.82) is 0 Å². The number of hydrogen-bond donors (Lipinski definition) is 2.